The second-order valence-electron chi connectivity index (χ2n) is 11.9. The molecule has 0 radical (unpaired) electrons. The van der Waals surface area contributed by atoms with E-state index in [0.29, 0.717) is 17.4 Å². The molecule has 2 bridgehead atoms. The van der Waals surface area contributed by atoms with E-state index in [4.69, 9.17) is 9.47 Å². The fraction of sp³-hybridized carbons (Fsp3) is 0.633. The van der Waals surface area contributed by atoms with Crippen LogP contribution in [0.5, 0.6) is 5.75 Å². The molecule has 0 aromatic heterocycles. The van der Waals surface area contributed by atoms with Crippen LogP contribution in [0.4, 0.5) is 5.69 Å². The summed E-state index contributed by atoms with van der Waals surface area (Å²) < 4.78 is 11.7. The first kappa shape index (κ1) is 25.4. The molecular formula is C30H39N3O5. The second kappa shape index (κ2) is 10.0. The highest BCUT2D eigenvalue weighted by Gasteiger charge is 2.73. The Morgan fingerprint density at radius 1 is 1.00 bits per heavy atom. The van der Waals surface area contributed by atoms with Crippen LogP contribution in [0.25, 0.3) is 0 Å². The zero-order valence-corrected chi connectivity index (χ0v) is 22.4. The summed E-state index contributed by atoms with van der Waals surface area (Å²) in [4.78, 5) is 43.7. The van der Waals surface area contributed by atoms with Crippen molar-refractivity contribution >= 4 is 23.4 Å². The van der Waals surface area contributed by atoms with Gasteiger partial charge in [-0.2, -0.15) is 0 Å². The zero-order chi connectivity index (χ0) is 26.4. The summed E-state index contributed by atoms with van der Waals surface area (Å²) in [6.45, 7) is 2.25. The summed E-state index contributed by atoms with van der Waals surface area (Å²) in [7, 11) is 1.59. The number of likely N-dealkylation sites (tertiary alicyclic amines) is 1. The Hall–Kier alpha value is -2.87. The highest BCUT2D eigenvalue weighted by molar-refractivity contribution is 6.03. The molecule has 2 saturated carbocycles. The van der Waals surface area contributed by atoms with Gasteiger partial charge in [0, 0.05) is 17.8 Å². The number of carbonyl (C=O) groups is 3. The first-order valence-corrected chi connectivity index (χ1v) is 14.4. The highest BCUT2D eigenvalue weighted by atomic mass is 16.5. The molecule has 3 amide bonds. The number of fused-ring (bicyclic) bond motifs is 1. The predicted molar refractivity (Wildman–Crippen MR) is 142 cm³/mol. The van der Waals surface area contributed by atoms with E-state index in [1.165, 1.54) is 6.42 Å². The first-order chi connectivity index (χ1) is 18.4. The van der Waals surface area contributed by atoms with Gasteiger partial charge >= 0.3 is 0 Å². The number of rotatable bonds is 6. The zero-order valence-electron chi connectivity index (χ0n) is 22.4. The summed E-state index contributed by atoms with van der Waals surface area (Å²) in [6.07, 6.45) is 12.4. The molecule has 1 aromatic carbocycles. The minimum Gasteiger partial charge on any atom is -0.497 e. The van der Waals surface area contributed by atoms with E-state index >= 15 is 0 Å². The average molecular weight is 522 g/mol. The van der Waals surface area contributed by atoms with Crippen molar-refractivity contribution in [3.8, 4) is 5.75 Å². The fourth-order valence-corrected chi connectivity index (χ4v) is 7.55. The molecular weight excluding hydrogens is 482 g/mol. The number of anilines is 1. The third-order valence-electron chi connectivity index (χ3n) is 9.55. The van der Waals surface area contributed by atoms with E-state index in [1.54, 1.807) is 31.4 Å². The Morgan fingerprint density at radius 2 is 1.71 bits per heavy atom. The van der Waals surface area contributed by atoms with Crippen molar-refractivity contribution in [1.82, 2.24) is 10.2 Å². The summed E-state index contributed by atoms with van der Waals surface area (Å²) in [6, 6.07) is 6.50. The minimum atomic E-state index is -1.11. The number of hydrogen-bond donors (Lipinski definition) is 2. The minimum absolute atomic E-state index is 0.0119. The lowest BCUT2D eigenvalue weighted by Crippen LogP contribution is -2.58. The van der Waals surface area contributed by atoms with Crippen molar-refractivity contribution in [2.75, 3.05) is 12.4 Å². The molecule has 2 N–H and O–H groups in total. The Balaban J connectivity index is 1.30. The average Bonchev–Trinajstić information content (AvgIpc) is 3.57. The van der Waals surface area contributed by atoms with Crippen molar-refractivity contribution in [3.63, 3.8) is 0 Å². The van der Waals surface area contributed by atoms with Gasteiger partial charge in [-0.3, -0.25) is 14.4 Å². The van der Waals surface area contributed by atoms with E-state index < -0.39 is 29.6 Å². The molecule has 38 heavy (non-hydrogen) atoms. The van der Waals surface area contributed by atoms with Crippen LogP contribution in [0.2, 0.25) is 0 Å². The van der Waals surface area contributed by atoms with E-state index in [-0.39, 0.29) is 29.8 Å². The molecule has 0 unspecified atom stereocenters. The van der Waals surface area contributed by atoms with Gasteiger partial charge in [-0.25, -0.2) is 0 Å². The van der Waals surface area contributed by atoms with Gasteiger partial charge in [0.1, 0.15) is 17.4 Å². The summed E-state index contributed by atoms with van der Waals surface area (Å²) >= 11 is 0. The molecule has 5 aliphatic rings. The topological polar surface area (TPSA) is 97.0 Å². The van der Waals surface area contributed by atoms with Gasteiger partial charge in [-0.15, -0.1) is 0 Å². The molecule has 1 aromatic rings. The standard InChI is InChI=1S/C30H39N3O5/c1-18-8-12-21(13-9-18)33-26(28(35)32-19-6-4-3-5-7-19)30-17-16-23(38-30)24(25(30)29(33)36)27(34)31-20-10-14-22(37-2)15-11-20/h10-11,14-19,21,23-26H,3-9,12-13H2,1-2H3,(H,31,34)(H,32,35)/t18?,21?,23-,24+,25-,26-,30-/m0/s1. The molecule has 8 heteroatoms. The number of carbonyl (C=O) groups excluding carboxylic acids is 3. The number of nitrogens with one attached hydrogen (secondary N) is 2. The van der Waals surface area contributed by atoms with Crippen LogP contribution in [0.1, 0.15) is 64.7 Å². The van der Waals surface area contributed by atoms with Crippen LogP contribution in [0.3, 0.4) is 0 Å². The summed E-state index contributed by atoms with van der Waals surface area (Å²) in [5, 5.41) is 6.27. The monoisotopic (exact) mass is 521 g/mol. The molecule has 2 aliphatic carbocycles. The molecule has 204 valence electrons. The SMILES string of the molecule is COc1ccc(NC(=O)[C@@H]2[C@@H]3C=C[C@]4(O3)[C@@H]2C(=O)N(C2CCC(C)CC2)[C@H]4C(=O)NC2CCCCC2)cc1. The van der Waals surface area contributed by atoms with Crippen LogP contribution < -0.4 is 15.4 Å². The third kappa shape index (κ3) is 4.21. The maximum atomic E-state index is 14.2. The van der Waals surface area contributed by atoms with Crippen LogP contribution in [-0.2, 0) is 19.1 Å². The number of amides is 3. The molecule has 5 atom stereocenters. The third-order valence-corrected chi connectivity index (χ3v) is 9.55. The van der Waals surface area contributed by atoms with E-state index in [0.717, 1.165) is 51.4 Å². The number of benzene rings is 1. The molecule has 3 aliphatic heterocycles. The number of nitrogens with zero attached hydrogens (tertiary/aromatic N) is 1. The Morgan fingerprint density at radius 3 is 2.39 bits per heavy atom. The van der Waals surface area contributed by atoms with Gasteiger partial charge in [0.2, 0.25) is 17.7 Å². The van der Waals surface area contributed by atoms with E-state index in [2.05, 4.69) is 17.6 Å². The summed E-state index contributed by atoms with van der Waals surface area (Å²) in [5.74, 6) is -0.586. The largest absolute Gasteiger partial charge is 0.497 e. The van der Waals surface area contributed by atoms with Crippen LogP contribution in [0.15, 0.2) is 36.4 Å². The maximum absolute atomic E-state index is 14.2. The van der Waals surface area contributed by atoms with Crippen molar-refractivity contribution in [2.45, 2.75) is 94.5 Å². The first-order valence-electron chi connectivity index (χ1n) is 14.4. The van der Waals surface area contributed by atoms with Crippen LogP contribution >= 0.6 is 0 Å². The van der Waals surface area contributed by atoms with Gasteiger partial charge in [-0.05, 0) is 68.7 Å². The van der Waals surface area contributed by atoms with Crippen molar-refractivity contribution in [1.29, 1.82) is 0 Å². The van der Waals surface area contributed by atoms with Crippen molar-refractivity contribution in [3.05, 3.63) is 36.4 Å². The number of hydrogen-bond acceptors (Lipinski definition) is 5. The lowest BCUT2D eigenvalue weighted by Gasteiger charge is -2.40. The van der Waals surface area contributed by atoms with Gasteiger partial charge in [0.05, 0.1) is 25.0 Å². The van der Waals surface area contributed by atoms with Gasteiger partial charge < -0.3 is 25.0 Å². The predicted octanol–water partition coefficient (Wildman–Crippen LogP) is 3.81. The molecule has 6 rings (SSSR count). The van der Waals surface area contributed by atoms with Crippen LogP contribution in [-0.4, -0.2) is 59.6 Å². The second-order valence-corrected chi connectivity index (χ2v) is 11.9. The quantitative estimate of drug-likeness (QED) is 0.555. The molecule has 3 heterocycles. The van der Waals surface area contributed by atoms with Crippen molar-refractivity contribution < 1.29 is 23.9 Å². The van der Waals surface area contributed by atoms with Gasteiger partial charge in [0.25, 0.3) is 0 Å². The lowest BCUT2D eigenvalue weighted by molar-refractivity contribution is -0.145. The highest BCUT2D eigenvalue weighted by Crippen LogP contribution is 2.56. The number of methoxy groups -OCH3 is 1. The molecule has 2 saturated heterocycles. The Labute approximate surface area is 224 Å². The number of ether oxygens (including phenoxy) is 2. The summed E-state index contributed by atoms with van der Waals surface area (Å²) in [5.41, 5.74) is -0.474. The molecule has 8 nitrogen and oxygen atoms in total. The van der Waals surface area contributed by atoms with Crippen LogP contribution in [0, 0.1) is 17.8 Å². The fourth-order valence-electron chi connectivity index (χ4n) is 7.55. The Kier molecular flexibility index (Phi) is 6.70. The van der Waals surface area contributed by atoms with Gasteiger partial charge in [-0.1, -0.05) is 38.3 Å². The maximum Gasteiger partial charge on any atom is 0.246 e. The Bertz CT molecular complexity index is 1110. The molecule has 4 fully saturated rings. The van der Waals surface area contributed by atoms with Gasteiger partial charge in [0.15, 0.2) is 0 Å². The van der Waals surface area contributed by atoms with E-state index in [9.17, 15) is 14.4 Å². The van der Waals surface area contributed by atoms with E-state index in [1.807, 2.05) is 17.1 Å². The van der Waals surface area contributed by atoms with Crippen molar-refractivity contribution in [2.24, 2.45) is 17.8 Å². The lowest BCUT2D eigenvalue weighted by atomic mass is 9.74. The normalized spacial score (nSPS) is 36.3. The molecule has 1 spiro atoms. The smallest absolute Gasteiger partial charge is 0.246 e.